The standard InChI is InChI=1S/C18H21N5O2/c1-12-5-6-14(13(2)7-12)9-21(3)16(24)10-23-11-19-17-15(18(23)25)8-20-22(17)4/h5-8,11H,9-10H2,1-4H3. The molecule has 0 bridgehead atoms. The van der Waals surface area contributed by atoms with Gasteiger partial charge in [-0.15, -0.1) is 0 Å². The third kappa shape index (κ3) is 3.31. The van der Waals surface area contributed by atoms with Crippen LogP contribution in [0.2, 0.25) is 0 Å². The second kappa shape index (κ2) is 6.51. The Labute approximate surface area is 145 Å². The zero-order valence-electron chi connectivity index (χ0n) is 14.9. The summed E-state index contributed by atoms with van der Waals surface area (Å²) in [7, 11) is 3.46. The van der Waals surface area contributed by atoms with E-state index in [4.69, 9.17) is 0 Å². The lowest BCUT2D eigenvalue weighted by Gasteiger charge is -2.19. The third-order valence-corrected chi connectivity index (χ3v) is 4.36. The molecule has 3 rings (SSSR count). The van der Waals surface area contributed by atoms with Gasteiger partial charge in [-0.3, -0.25) is 18.8 Å². The first kappa shape index (κ1) is 16.9. The predicted molar refractivity (Wildman–Crippen MR) is 95.2 cm³/mol. The first-order valence-electron chi connectivity index (χ1n) is 8.04. The summed E-state index contributed by atoms with van der Waals surface area (Å²) in [6.45, 7) is 4.53. The summed E-state index contributed by atoms with van der Waals surface area (Å²) < 4.78 is 2.86. The Hall–Kier alpha value is -2.96. The fourth-order valence-corrected chi connectivity index (χ4v) is 2.81. The number of hydrogen-bond acceptors (Lipinski definition) is 4. The normalized spacial score (nSPS) is 11.0. The summed E-state index contributed by atoms with van der Waals surface area (Å²) in [5.41, 5.74) is 3.69. The van der Waals surface area contributed by atoms with Crippen LogP contribution in [0.25, 0.3) is 11.0 Å². The zero-order chi connectivity index (χ0) is 18.1. The summed E-state index contributed by atoms with van der Waals surface area (Å²) in [4.78, 5) is 30.8. The summed E-state index contributed by atoms with van der Waals surface area (Å²) in [6, 6.07) is 6.16. The highest BCUT2D eigenvalue weighted by atomic mass is 16.2. The minimum atomic E-state index is -0.258. The molecular weight excluding hydrogens is 318 g/mol. The van der Waals surface area contributed by atoms with Crippen LogP contribution in [-0.4, -0.2) is 37.2 Å². The number of hydrogen-bond donors (Lipinski definition) is 0. The van der Waals surface area contributed by atoms with Crippen LogP contribution in [0, 0.1) is 13.8 Å². The SMILES string of the molecule is Cc1ccc(CN(C)C(=O)Cn2cnc3c(cnn3C)c2=O)c(C)c1. The van der Waals surface area contributed by atoms with Crippen LogP contribution in [0.4, 0.5) is 0 Å². The van der Waals surface area contributed by atoms with Crippen LogP contribution < -0.4 is 5.56 Å². The predicted octanol–water partition coefficient (Wildman–Crippen LogP) is 1.41. The monoisotopic (exact) mass is 339 g/mol. The van der Waals surface area contributed by atoms with Crippen molar-refractivity contribution in [2.75, 3.05) is 7.05 Å². The third-order valence-electron chi connectivity index (χ3n) is 4.36. The molecule has 0 radical (unpaired) electrons. The van der Waals surface area contributed by atoms with Crippen LogP contribution in [0.1, 0.15) is 16.7 Å². The number of aryl methyl sites for hydroxylation is 3. The fraction of sp³-hybridized carbons (Fsp3) is 0.333. The Bertz CT molecular complexity index is 1000. The van der Waals surface area contributed by atoms with Crippen molar-refractivity contribution in [3.8, 4) is 0 Å². The van der Waals surface area contributed by atoms with Gasteiger partial charge in [-0.25, -0.2) is 4.98 Å². The molecule has 0 fully saturated rings. The maximum atomic E-state index is 12.5. The van der Waals surface area contributed by atoms with E-state index in [1.54, 1.807) is 19.0 Å². The van der Waals surface area contributed by atoms with Gasteiger partial charge < -0.3 is 4.90 Å². The smallest absolute Gasteiger partial charge is 0.264 e. The number of likely N-dealkylation sites (N-methyl/N-ethyl adjacent to an activating group) is 1. The van der Waals surface area contributed by atoms with Crippen molar-refractivity contribution >= 4 is 16.9 Å². The highest BCUT2D eigenvalue weighted by molar-refractivity contribution is 5.77. The van der Waals surface area contributed by atoms with Crippen molar-refractivity contribution in [2.24, 2.45) is 7.05 Å². The van der Waals surface area contributed by atoms with Gasteiger partial charge in [0.25, 0.3) is 5.56 Å². The van der Waals surface area contributed by atoms with E-state index in [0.29, 0.717) is 17.6 Å². The van der Waals surface area contributed by atoms with Crippen molar-refractivity contribution in [1.29, 1.82) is 0 Å². The lowest BCUT2D eigenvalue weighted by Crippen LogP contribution is -2.33. The highest BCUT2D eigenvalue weighted by Gasteiger charge is 2.14. The molecule has 1 aromatic carbocycles. The topological polar surface area (TPSA) is 73.0 Å². The maximum Gasteiger partial charge on any atom is 0.264 e. The van der Waals surface area contributed by atoms with Crippen LogP contribution in [0.15, 0.2) is 35.5 Å². The van der Waals surface area contributed by atoms with Gasteiger partial charge in [-0.1, -0.05) is 23.8 Å². The molecule has 3 aromatic rings. The Morgan fingerprint density at radius 2 is 2.04 bits per heavy atom. The highest BCUT2D eigenvalue weighted by Crippen LogP contribution is 2.13. The van der Waals surface area contributed by atoms with E-state index >= 15 is 0 Å². The van der Waals surface area contributed by atoms with E-state index in [2.05, 4.69) is 16.1 Å². The molecule has 0 spiro atoms. The first-order chi connectivity index (χ1) is 11.9. The molecule has 130 valence electrons. The molecule has 0 saturated heterocycles. The number of aromatic nitrogens is 4. The van der Waals surface area contributed by atoms with Crippen molar-refractivity contribution in [1.82, 2.24) is 24.2 Å². The molecule has 7 heteroatoms. The molecule has 7 nitrogen and oxygen atoms in total. The molecule has 0 unspecified atom stereocenters. The van der Waals surface area contributed by atoms with Crippen molar-refractivity contribution in [3.63, 3.8) is 0 Å². The van der Waals surface area contributed by atoms with E-state index in [1.165, 1.54) is 27.3 Å². The zero-order valence-corrected chi connectivity index (χ0v) is 14.9. The Morgan fingerprint density at radius 3 is 2.76 bits per heavy atom. The van der Waals surface area contributed by atoms with Crippen LogP contribution >= 0.6 is 0 Å². The molecule has 2 aromatic heterocycles. The van der Waals surface area contributed by atoms with Gasteiger partial charge in [0.15, 0.2) is 5.65 Å². The molecule has 0 aliphatic carbocycles. The van der Waals surface area contributed by atoms with Crippen LogP contribution in [-0.2, 0) is 24.9 Å². The molecule has 1 amide bonds. The molecule has 0 aliphatic rings. The van der Waals surface area contributed by atoms with Gasteiger partial charge in [-0.05, 0) is 25.0 Å². The number of amides is 1. The molecular formula is C18H21N5O2. The van der Waals surface area contributed by atoms with Crippen molar-refractivity contribution < 1.29 is 4.79 Å². The van der Waals surface area contributed by atoms with E-state index in [0.717, 1.165) is 11.1 Å². The van der Waals surface area contributed by atoms with Gasteiger partial charge in [0.2, 0.25) is 5.91 Å². The number of rotatable bonds is 4. The Balaban J connectivity index is 1.77. The average Bonchev–Trinajstić information content (AvgIpc) is 2.94. The van der Waals surface area contributed by atoms with E-state index in [9.17, 15) is 9.59 Å². The minimum absolute atomic E-state index is 0.0436. The van der Waals surface area contributed by atoms with Crippen molar-refractivity contribution in [3.05, 3.63) is 57.8 Å². The molecule has 0 atom stereocenters. The first-order valence-corrected chi connectivity index (χ1v) is 8.04. The van der Waals surface area contributed by atoms with Gasteiger partial charge in [-0.2, -0.15) is 5.10 Å². The largest absolute Gasteiger partial charge is 0.340 e. The van der Waals surface area contributed by atoms with E-state index < -0.39 is 0 Å². The number of benzene rings is 1. The van der Waals surface area contributed by atoms with Crippen LogP contribution in [0.3, 0.4) is 0 Å². The fourth-order valence-electron chi connectivity index (χ4n) is 2.81. The second-order valence-corrected chi connectivity index (χ2v) is 6.36. The lowest BCUT2D eigenvalue weighted by atomic mass is 10.1. The summed E-state index contributed by atoms with van der Waals surface area (Å²) in [6.07, 6.45) is 2.88. The van der Waals surface area contributed by atoms with Gasteiger partial charge in [0.1, 0.15) is 18.3 Å². The Kier molecular flexibility index (Phi) is 4.39. The Morgan fingerprint density at radius 1 is 1.28 bits per heavy atom. The minimum Gasteiger partial charge on any atom is -0.340 e. The molecule has 2 heterocycles. The number of carbonyl (C=O) groups excluding carboxylic acids is 1. The number of fused-ring (bicyclic) bond motifs is 1. The lowest BCUT2D eigenvalue weighted by molar-refractivity contribution is -0.131. The quantitative estimate of drug-likeness (QED) is 0.720. The maximum absolute atomic E-state index is 12.5. The van der Waals surface area contributed by atoms with Crippen molar-refractivity contribution in [2.45, 2.75) is 26.9 Å². The molecule has 0 N–H and O–H groups in total. The second-order valence-electron chi connectivity index (χ2n) is 6.36. The summed E-state index contributed by atoms with van der Waals surface area (Å²) >= 11 is 0. The summed E-state index contributed by atoms with van der Waals surface area (Å²) in [5, 5.41) is 4.44. The van der Waals surface area contributed by atoms with E-state index in [-0.39, 0.29) is 18.0 Å². The average molecular weight is 339 g/mol. The molecule has 0 saturated carbocycles. The van der Waals surface area contributed by atoms with E-state index in [1.807, 2.05) is 26.0 Å². The molecule has 25 heavy (non-hydrogen) atoms. The molecule has 0 aliphatic heterocycles. The van der Waals surface area contributed by atoms with Gasteiger partial charge in [0, 0.05) is 20.6 Å². The van der Waals surface area contributed by atoms with Crippen LogP contribution in [0.5, 0.6) is 0 Å². The van der Waals surface area contributed by atoms with Gasteiger partial charge >= 0.3 is 0 Å². The number of nitrogens with zero attached hydrogens (tertiary/aromatic N) is 5. The number of carbonyl (C=O) groups is 1. The summed E-state index contributed by atoms with van der Waals surface area (Å²) in [5.74, 6) is -0.146. The van der Waals surface area contributed by atoms with Gasteiger partial charge in [0.05, 0.1) is 6.20 Å².